The van der Waals surface area contributed by atoms with Crippen LogP contribution in [0.5, 0.6) is 11.5 Å². The first-order valence-corrected chi connectivity index (χ1v) is 7.33. The third-order valence-electron chi connectivity index (χ3n) is 2.98. The summed E-state index contributed by atoms with van der Waals surface area (Å²) in [6.45, 7) is 1.05. The van der Waals surface area contributed by atoms with Crippen LogP contribution in [-0.2, 0) is 0 Å². The highest BCUT2D eigenvalue weighted by atomic mass is 35.5. The lowest BCUT2D eigenvalue weighted by molar-refractivity contribution is 0.171. The molecule has 1 aliphatic heterocycles. The van der Waals surface area contributed by atoms with Gasteiger partial charge in [0.25, 0.3) is 0 Å². The lowest BCUT2D eigenvalue weighted by Gasteiger charge is -2.19. The van der Waals surface area contributed by atoms with Gasteiger partial charge in [0, 0.05) is 11.8 Å². The van der Waals surface area contributed by atoms with E-state index < -0.39 is 5.82 Å². The number of hydrogen-bond acceptors (Lipinski definition) is 3. The van der Waals surface area contributed by atoms with Gasteiger partial charge in [-0.05, 0) is 42.5 Å². The number of halogens is 2. The quantitative estimate of drug-likeness (QED) is 0.808. The van der Waals surface area contributed by atoms with Crippen LogP contribution in [0.2, 0.25) is 5.02 Å². The highest BCUT2D eigenvalue weighted by Crippen LogP contribution is 2.32. The Morgan fingerprint density at radius 3 is 2.64 bits per heavy atom. The predicted molar refractivity (Wildman–Crippen MR) is 88.7 cm³/mol. The van der Waals surface area contributed by atoms with Crippen LogP contribution in [0.15, 0.2) is 36.4 Å². The van der Waals surface area contributed by atoms with Crippen molar-refractivity contribution < 1.29 is 13.9 Å². The number of rotatable bonds is 2. The van der Waals surface area contributed by atoms with Gasteiger partial charge < -0.3 is 20.1 Å². The third kappa shape index (κ3) is 3.40. The second-order valence-electron chi connectivity index (χ2n) is 4.56. The molecule has 7 heteroatoms. The molecule has 0 unspecified atom stereocenters. The van der Waals surface area contributed by atoms with Crippen LogP contribution in [-0.4, -0.2) is 18.3 Å². The van der Waals surface area contributed by atoms with Crippen LogP contribution in [0, 0.1) is 5.82 Å². The molecule has 0 bridgehead atoms. The minimum Gasteiger partial charge on any atom is -0.486 e. The maximum Gasteiger partial charge on any atom is 0.175 e. The van der Waals surface area contributed by atoms with Gasteiger partial charge in [-0.25, -0.2) is 4.39 Å². The lowest BCUT2D eigenvalue weighted by atomic mass is 10.2. The molecule has 22 heavy (non-hydrogen) atoms. The van der Waals surface area contributed by atoms with E-state index in [1.165, 1.54) is 18.2 Å². The monoisotopic (exact) mass is 338 g/mol. The molecule has 0 amide bonds. The molecule has 0 fully saturated rings. The highest BCUT2D eigenvalue weighted by molar-refractivity contribution is 7.80. The van der Waals surface area contributed by atoms with Crippen molar-refractivity contribution in [3.05, 3.63) is 47.2 Å². The number of fused-ring (bicyclic) bond motifs is 1. The number of thiocarbonyl (C=S) groups is 1. The second-order valence-corrected chi connectivity index (χ2v) is 5.38. The number of benzene rings is 2. The molecular formula is C15H12ClFN2O2S. The highest BCUT2D eigenvalue weighted by Gasteiger charge is 2.12. The van der Waals surface area contributed by atoms with Gasteiger partial charge >= 0.3 is 0 Å². The average Bonchev–Trinajstić information content (AvgIpc) is 2.51. The first-order valence-electron chi connectivity index (χ1n) is 6.54. The molecule has 0 saturated heterocycles. The third-order valence-corrected chi connectivity index (χ3v) is 3.51. The zero-order valence-corrected chi connectivity index (χ0v) is 12.9. The number of anilines is 2. The van der Waals surface area contributed by atoms with Gasteiger partial charge in [-0.3, -0.25) is 0 Å². The Balaban J connectivity index is 1.70. The van der Waals surface area contributed by atoms with Gasteiger partial charge in [0.2, 0.25) is 0 Å². The molecule has 0 saturated carbocycles. The Morgan fingerprint density at radius 2 is 1.82 bits per heavy atom. The predicted octanol–water partition coefficient (Wildman–Crippen LogP) is 4.06. The average molecular weight is 339 g/mol. The molecule has 0 aromatic heterocycles. The first kappa shape index (κ1) is 14.9. The first-order chi connectivity index (χ1) is 10.6. The maximum atomic E-state index is 13.2. The fourth-order valence-electron chi connectivity index (χ4n) is 2.00. The molecule has 4 nitrogen and oxygen atoms in total. The molecule has 0 aliphatic carbocycles. The van der Waals surface area contributed by atoms with E-state index in [4.69, 9.17) is 33.3 Å². The SMILES string of the molecule is Fc1ccc(Cl)c(NC(=S)Nc2ccc3c(c2)OCCO3)c1. The van der Waals surface area contributed by atoms with Gasteiger partial charge in [-0.1, -0.05) is 11.6 Å². The smallest absolute Gasteiger partial charge is 0.175 e. The lowest BCUT2D eigenvalue weighted by Crippen LogP contribution is -2.20. The Labute approximate surface area is 137 Å². The van der Waals surface area contributed by atoms with E-state index in [1.54, 1.807) is 12.1 Å². The minimum atomic E-state index is -0.394. The van der Waals surface area contributed by atoms with Gasteiger partial charge in [0.1, 0.15) is 19.0 Å². The Hall–Kier alpha value is -2.05. The summed E-state index contributed by atoms with van der Waals surface area (Å²) in [4.78, 5) is 0. The number of nitrogens with one attached hydrogen (secondary N) is 2. The van der Waals surface area contributed by atoms with Crippen molar-refractivity contribution in [2.45, 2.75) is 0 Å². The van der Waals surface area contributed by atoms with Gasteiger partial charge in [-0.15, -0.1) is 0 Å². The van der Waals surface area contributed by atoms with E-state index >= 15 is 0 Å². The summed E-state index contributed by atoms with van der Waals surface area (Å²) in [5.74, 6) is 0.959. The van der Waals surface area contributed by atoms with E-state index in [2.05, 4.69) is 10.6 Å². The van der Waals surface area contributed by atoms with Crippen molar-refractivity contribution >= 4 is 40.3 Å². The van der Waals surface area contributed by atoms with Gasteiger partial charge in [-0.2, -0.15) is 0 Å². The van der Waals surface area contributed by atoms with Crippen LogP contribution in [0.25, 0.3) is 0 Å². The summed E-state index contributed by atoms with van der Waals surface area (Å²) in [6, 6.07) is 9.43. The number of ether oxygens (including phenoxy) is 2. The molecule has 0 atom stereocenters. The molecule has 1 heterocycles. The minimum absolute atomic E-state index is 0.296. The summed E-state index contributed by atoms with van der Waals surface area (Å²) in [5, 5.41) is 6.52. The molecule has 2 N–H and O–H groups in total. The van der Waals surface area contributed by atoms with E-state index in [9.17, 15) is 4.39 Å². The molecule has 2 aromatic carbocycles. The summed E-state index contributed by atoms with van der Waals surface area (Å²) >= 11 is 11.2. The van der Waals surface area contributed by atoms with Crippen LogP contribution >= 0.6 is 23.8 Å². The summed E-state index contributed by atoms with van der Waals surface area (Å²) in [6.07, 6.45) is 0. The maximum absolute atomic E-state index is 13.2. The summed E-state index contributed by atoms with van der Waals surface area (Å²) in [7, 11) is 0. The molecular weight excluding hydrogens is 327 g/mol. The van der Waals surface area contributed by atoms with E-state index in [0.717, 1.165) is 5.69 Å². The second kappa shape index (κ2) is 6.37. The van der Waals surface area contributed by atoms with Crippen LogP contribution in [0.3, 0.4) is 0 Å². The molecule has 1 aliphatic rings. The van der Waals surface area contributed by atoms with Crippen molar-refractivity contribution in [3.8, 4) is 11.5 Å². The molecule has 3 rings (SSSR count). The Bertz CT molecular complexity index is 727. The zero-order chi connectivity index (χ0) is 15.5. The Morgan fingerprint density at radius 1 is 1.05 bits per heavy atom. The molecule has 0 spiro atoms. The molecule has 2 aromatic rings. The van der Waals surface area contributed by atoms with Gasteiger partial charge in [0.05, 0.1) is 10.7 Å². The van der Waals surface area contributed by atoms with Crippen molar-refractivity contribution in [1.29, 1.82) is 0 Å². The summed E-state index contributed by atoms with van der Waals surface area (Å²) < 4.78 is 24.2. The fraction of sp³-hybridized carbons (Fsp3) is 0.133. The van der Waals surface area contributed by atoms with E-state index in [-0.39, 0.29) is 0 Å². The van der Waals surface area contributed by atoms with Crippen molar-refractivity contribution in [1.82, 2.24) is 0 Å². The molecule has 0 radical (unpaired) electrons. The number of hydrogen-bond donors (Lipinski definition) is 2. The topological polar surface area (TPSA) is 42.5 Å². The Kier molecular flexibility index (Phi) is 4.31. The van der Waals surface area contributed by atoms with E-state index in [1.807, 2.05) is 6.07 Å². The van der Waals surface area contributed by atoms with E-state index in [0.29, 0.717) is 40.5 Å². The fourth-order valence-corrected chi connectivity index (χ4v) is 2.39. The van der Waals surface area contributed by atoms with Gasteiger partial charge in [0.15, 0.2) is 16.6 Å². The van der Waals surface area contributed by atoms with Crippen LogP contribution < -0.4 is 20.1 Å². The standard InChI is InChI=1S/C15H12ClFN2O2S/c16-11-3-1-9(17)7-12(11)19-15(22)18-10-2-4-13-14(8-10)21-6-5-20-13/h1-4,7-8H,5-6H2,(H2,18,19,22). The normalized spacial score (nSPS) is 12.6. The van der Waals surface area contributed by atoms with Crippen molar-refractivity contribution in [2.75, 3.05) is 23.8 Å². The van der Waals surface area contributed by atoms with Crippen molar-refractivity contribution in [3.63, 3.8) is 0 Å². The molecule has 114 valence electrons. The zero-order valence-electron chi connectivity index (χ0n) is 11.4. The van der Waals surface area contributed by atoms with Crippen molar-refractivity contribution in [2.24, 2.45) is 0 Å². The van der Waals surface area contributed by atoms with Crippen LogP contribution in [0.4, 0.5) is 15.8 Å². The largest absolute Gasteiger partial charge is 0.486 e. The summed E-state index contributed by atoms with van der Waals surface area (Å²) in [5.41, 5.74) is 1.13. The van der Waals surface area contributed by atoms with Crippen LogP contribution in [0.1, 0.15) is 0 Å².